The average Bonchev–Trinajstić information content (AvgIpc) is 2.30. The molecule has 0 atom stereocenters. The molecule has 1 aromatic carbocycles. The van der Waals surface area contributed by atoms with Gasteiger partial charge in [0.1, 0.15) is 5.69 Å². The van der Waals surface area contributed by atoms with Gasteiger partial charge in [-0.2, -0.15) is 17.7 Å². The van der Waals surface area contributed by atoms with E-state index in [0.717, 1.165) is 11.4 Å². The van der Waals surface area contributed by atoms with Crippen molar-refractivity contribution in [2.24, 2.45) is 0 Å². The van der Waals surface area contributed by atoms with Crippen LogP contribution in [0.4, 0.5) is 0 Å². The van der Waals surface area contributed by atoms with Crippen LogP contribution in [0.5, 0.6) is 0 Å². The minimum atomic E-state index is -0.0559. The van der Waals surface area contributed by atoms with Crippen LogP contribution < -0.4 is 5.43 Å². The molecule has 82 valence electrons. The van der Waals surface area contributed by atoms with Crippen molar-refractivity contribution in [1.82, 2.24) is 9.78 Å². The van der Waals surface area contributed by atoms with E-state index >= 15 is 0 Å². The van der Waals surface area contributed by atoms with Crippen LogP contribution in [0.2, 0.25) is 0 Å². The first kappa shape index (κ1) is 11.0. The van der Waals surface area contributed by atoms with Crippen LogP contribution in [0.15, 0.2) is 41.2 Å². The molecule has 2 rings (SSSR count). The summed E-state index contributed by atoms with van der Waals surface area (Å²) in [6, 6.07) is 11.3. The molecule has 0 aliphatic heterocycles. The zero-order valence-electron chi connectivity index (χ0n) is 8.92. The summed E-state index contributed by atoms with van der Waals surface area (Å²) < 4.78 is 1.76. The Balaban J connectivity index is 2.62. The predicted octanol–water partition coefficient (Wildman–Crippen LogP) is 1.97. The van der Waals surface area contributed by atoms with Gasteiger partial charge in [0, 0.05) is 17.5 Å². The molecule has 0 fully saturated rings. The fourth-order valence-electron chi connectivity index (χ4n) is 1.52. The van der Waals surface area contributed by atoms with E-state index < -0.39 is 0 Å². The fraction of sp³-hybridized carbons (Fsp3) is 0.167. The Morgan fingerprint density at radius 2 is 2.00 bits per heavy atom. The molecule has 2 aromatic rings. The first-order valence-electron chi connectivity index (χ1n) is 4.98. The van der Waals surface area contributed by atoms with Crippen LogP contribution in [0, 0.1) is 6.92 Å². The number of benzene rings is 1. The summed E-state index contributed by atoms with van der Waals surface area (Å²) in [6.07, 6.45) is 0. The van der Waals surface area contributed by atoms with Gasteiger partial charge in [0.15, 0.2) is 0 Å². The van der Waals surface area contributed by atoms with Gasteiger partial charge in [0.2, 0.25) is 5.43 Å². The molecule has 4 heteroatoms. The number of aryl methyl sites for hydroxylation is 1. The second-order valence-electron chi connectivity index (χ2n) is 3.50. The Labute approximate surface area is 99.2 Å². The van der Waals surface area contributed by atoms with E-state index in [1.54, 1.807) is 10.7 Å². The van der Waals surface area contributed by atoms with Crippen LogP contribution in [-0.4, -0.2) is 9.78 Å². The monoisotopic (exact) mass is 232 g/mol. The molecule has 0 unspecified atom stereocenters. The van der Waals surface area contributed by atoms with Crippen LogP contribution in [0.3, 0.4) is 0 Å². The lowest BCUT2D eigenvalue weighted by Gasteiger charge is -2.09. The van der Waals surface area contributed by atoms with Gasteiger partial charge in [0.25, 0.3) is 0 Å². The molecule has 0 aliphatic carbocycles. The van der Waals surface area contributed by atoms with Gasteiger partial charge in [-0.05, 0) is 19.1 Å². The Morgan fingerprint density at radius 1 is 1.31 bits per heavy atom. The summed E-state index contributed by atoms with van der Waals surface area (Å²) in [7, 11) is 0. The molecule has 16 heavy (non-hydrogen) atoms. The molecule has 0 amide bonds. The number of thiol groups is 1. The molecule has 1 heterocycles. The maximum Gasteiger partial charge on any atom is 0.204 e. The first-order chi connectivity index (χ1) is 7.72. The lowest BCUT2D eigenvalue weighted by molar-refractivity contribution is 0.774. The number of aromatic nitrogens is 2. The predicted molar refractivity (Wildman–Crippen MR) is 67.3 cm³/mol. The van der Waals surface area contributed by atoms with Crippen LogP contribution in [-0.2, 0) is 5.75 Å². The second kappa shape index (κ2) is 4.53. The Morgan fingerprint density at radius 3 is 2.62 bits per heavy atom. The normalized spacial score (nSPS) is 10.4. The third-order valence-corrected chi connectivity index (χ3v) is 2.63. The van der Waals surface area contributed by atoms with Gasteiger partial charge in [-0.3, -0.25) is 4.79 Å². The fourth-order valence-corrected chi connectivity index (χ4v) is 1.74. The highest BCUT2D eigenvalue weighted by molar-refractivity contribution is 7.79. The van der Waals surface area contributed by atoms with Crippen molar-refractivity contribution in [2.75, 3.05) is 0 Å². The second-order valence-corrected chi connectivity index (χ2v) is 3.82. The molecule has 0 saturated heterocycles. The number of hydrogen-bond donors (Lipinski definition) is 1. The zero-order chi connectivity index (χ0) is 11.5. The zero-order valence-corrected chi connectivity index (χ0v) is 9.82. The molecule has 0 saturated carbocycles. The standard InChI is InChI=1S/C12H12N2OS/c1-9-7-12(15)11(8-16)13-14(9)10-5-3-2-4-6-10/h2-7,16H,8H2,1H3. The number of para-hydroxylation sites is 1. The Bertz CT molecular complexity index is 549. The van der Waals surface area contributed by atoms with Crippen LogP contribution >= 0.6 is 12.6 Å². The van der Waals surface area contributed by atoms with Crippen molar-refractivity contribution in [3.63, 3.8) is 0 Å². The van der Waals surface area contributed by atoms with Crippen LogP contribution in [0.25, 0.3) is 5.69 Å². The van der Waals surface area contributed by atoms with Crippen molar-refractivity contribution in [3.8, 4) is 5.69 Å². The van der Waals surface area contributed by atoms with E-state index in [4.69, 9.17) is 0 Å². The van der Waals surface area contributed by atoms with E-state index in [9.17, 15) is 4.79 Å². The van der Waals surface area contributed by atoms with E-state index in [0.29, 0.717) is 11.4 Å². The largest absolute Gasteiger partial charge is 0.288 e. The number of hydrogen-bond acceptors (Lipinski definition) is 3. The van der Waals surface area contributed by atoms with Gasteiger partial charge in [-0.15, -0.1) is 0 Å². The van der Waals surface area contributed by atoms with E-state index in [1.807, 2.05) is 37.3 Å². The third kappa shape index (κ3) is 2.02. The SMILES string of the molecule is Cc1cc(=O)c(CS)nn1-c1ccccc1. The summed E-state index contributed by atoms with van der Waals surface area (Å²) in [4.78, 5) is 11.5. The summed E-state index contributed by atoms with van der Waals surface area (Å²) in [5.41, 5.74) is 2.18. The number of rotatable bonds is 2. The average molecular weight is 232 g/mol. The maximum atomic E-state index is 11.5. The van der Waals surface area contributed by atoms with Gasteiger partial charge in [-0.25, -0.2) is 4.68 Å². The summed E-state index contributed by atoms with van der Waals surface area (Å²) in [5, 5.41) is 4.29. The first-order valence-corrected chi connectivity index (χ1v) is 5.62. The van der Waals surface area contributed by atoms with Crippen molar-refractivity contribution in [1.29, 1.82) is 0 Å². The van der Waals surface area contributed by atoms with E-state index in [1.165, 1.54) is 0 Å². The smallest absolute Gasteiger partial charge is 0.204 e. The molecular formula is C12H12N2OS. The van der Waals surface area contributed by atoms with Gasteiger partial charge >= 0.3 is 0 Å². The molecular weight excluding hydrogens is 220 g/mol. The van der Waals surface area contributed by atoms with Crippen molar-refractivity contribution in [2.45, 2.75) is 12.7 Å². The molecule has 1 aromatic heterocycles. The highest BCUT2D eigenvalue weighted by Gasteiger charge is 2.05. The molecule has 0 N–H and O–H groups in total. The highest BCUT2D eigenvalue weighted by Crippen LogP contribution is 2.08. The quantitative estimate of drug-likeness (QED) is 0.803. The van der Waals surface area contributed by atoms with Gasteiger partial charge in [-0.1, -0.05) is 18.2 Å². The Hall–Kier alpha value is -1.55. The molecule has 0 radical (unpaired) electrons. The van der Waals surface area contributed by atoms with Crippen molar-refractivity contribution >= 4 is 12.6 Å². The number of nitrogens with zero attached hydrogens (tertiary/aromatic N) is 2. The lowest BCUT2D eigenvalue weighted by atomic mass is 10.3. The third-order valence-electron chi connectivity index (χ3n) is 2.33. The Kier molecular flexibility index (Phi) is 3.10. The maximum absolute atomic E-state index is 11.5. The van der Waals surface area contributed by atoms with Gasteiger partial charge in [0.05, 0.1) is 5.69 Å². The van der Waals surface area contributed by atoms with Crippen molar-refractivity contribution < 1.29 is 0 Å². The van der Waals surface area contributed by atoms with E-state index in [2.05, 4.69) is 17.7 Å². The highest BCUT2D eigenvalue weighted by atomic mass is 32.1. The summed E-state index contributed by atoms with van der Waals surface area (Å²) in [6.45, 7) is 1.86. The molecule has 3 nitrogen and oxygen atoms in total. The van der Waals surface area contributed by atoms with Gasteiger partial charge < -0.3 is 0 Å². The summed E-state index contributed by atoms with van der Waals surface area (Å²) in [5.74, 6) is 0.353. The topological polar surface area (TPSA) is 34.9 Å². The van der Waals surface area contributed by atoms with Crippen molar-refractivity contribution in [3.05, 3.63) is 58.0 Å². The molecule has 0 aliphatic rings. The lowest BCUT2D eigenvalue weighted by Crippen LogP contribution is -2.17. The molecule has 0 bridgehead atoms. The minimum absolute atomic E-state index is 0.0559. The minimum Gasteiger partial charge on any atom is -0.288 e. The summed E-state index contributed by atoms with van der Waals surface area (Å²) >= 11 is 4.10. The van der Waals surface area contributed by atoms with E-state index in [-0.39, 0.29) is 5.43 Å². The molecule has 0 spiro atoms. The van der Waals surface area contributed by atoms with Crippen LogP contribution in [0.1, 0.15) is 11.4 Å².